The molecule has 4 rings (SSSR count). The minimum Gasteiger partial charge on any atom is -0.468 e. The van der Waals surface area contributed by atoms with Crippen LogP contribution in [0.5, 0.6) is 0 Å². The summed E-state index contributed by atoms with van der Waals surface area (Å²) in [6.45, 7) is 4.59. The van der Waals surface area contributed by atoms with Gasteiger partial charge in [-0.15, -0.1) is 10.2 Å². The summed E-state index contributed by atoms with van der Waals surface area (Å²) in [6.07, 6.45) is 1.90. The van der Waals surface area contributed by atoms with Gasteiger partial charge in [0.1, 0.15) is 12.0 Å². The molecule has 0 fully saturated rings. The number of fused-ring (bicyclic) bond motifs is 1. The molecule has 2 aromatic heterocycles. The fourth-order valence-corrected chi connectivity index (χ4v) is 3.19. The number of hydrogen-bond acceptors (Lipinski definition) is 5. The number of hydrogen-bond donors (Lipinski definition) is 2. The lowest BCUT2D eigenvalue weighted by Gasteiger charge is -2.20. The molecule has 0 unspecified atom stereocenters. The summed E-state index contributed by atoms with van der Waals surface area (Å²) in [4.78, 5) is 25.2. The van der Waals surface area contributed by atoms with Crippen molar-refractivity contribution in [1.29, 1.82) is 0 Å². The molecule has 0 aliphatic carbocycles. The maximum Gasteiger partial charge on any atom is 0.260 e. The molecule has 1 aliphatic heterocycles. The Morgan fingerprint density at radius 2 is 1.93 bits per heavy atom. The van der Waals surface area contributed by atoms with Crippen molar-refractivity contribution in [2.75, 3.05) is 11.9 Å². The molecule has 7 heteroatoms. The van der Waals surface area contributed by atoms with E-state index in [2.05, 4.69) is 20.8 Å². The van der Waals surface area contributed by atoms with E-state index >= 15 is 0 Å². The van der Waals surface area contributed by atoms with E-state index in [-0.39, 0.29) is 22.4 Å². The molecule has 7 nitrogen and oxygen atoms in total. The molecule has 28 heavy (non-hydrogen) atoms. The highest BCUT2D eigenvalue weighted by Gasteiger charge is 2.33. The fourth-order valence-electron chi connectivity index (χ4n) is 3.19. The van der Waals surface area contributed by atoms with Gasteiger partial charge in [0.05, 0.1) is 16.8 Å². The van der Waals surface area contributed by atoms with Gasteiger partial charge in [-0.1, -0.05) is 44.2 Å². The Morgan fingerprint density at radius 3 is 2.64 bits per heavy atom. The Balaban J connectivity index is 1.55. The van der Waals surface area contributed by atoms with E-state index in [9.17, 15) is 9.59 Å². The molecule has 0 spiro atoms. The fraction of sp³-hybridized carbons (Fsp3) is 0.238. The lowest BCUT2D eigenvalue weighted by molar-refractivity contribution is 0.0934. The number of anilines is 1. The van der Waals surface area contributed by atoms with Crippen molar-refractivity contribution in [1.82, 2.24) is 15.5 Å². The second kappa shape index (κ2) is 6.92. The van der Waals surface area contributed by atoms with Gasteiger partial charge in [-0.05, 0) is 17.5 Å². The molecule has 0 atom stereocenters. The molecule has 1 aliphatic rings. The number of benzene rings is 1. The summed E-state index contributed by atoms with van der Waals surface area (Å²) in [7, 11) is 0. The number of rotatable bonds is 3. The Morgan fingerprint density at radius 1 is 1.14 bits per heavy atom. The topological polar surface area (TPSA) is 97.1 Å². The SMILES string of the molecule is CC1(C)CNC(=O)c2c(C(=O)Nc3ccc(-c4ccccc4)nn3)coc2C1. The molecule has 1 aromatic carbocycles. The maximum atomic E-state index is 12.7. The van der Waals surface area contributed by atoms with Gasteiger partial charge in [0, 0.05) is 18.5 Å². The number of carbonyl (C=O) groups is 2. The highest BCUT2D eigenvalue weighted by molar-refractivity contribution is 6.12. The summed E-state index contributed by atoms with van der Waals surface area (Å²) >= 11 is 0. The Kier molecular flexibility index (Phi) is 4.43. The molecule has 3 aromatic rings. The van der Waals surface area contributed by atoms with Crippen molar-refractivity contribution >= 4 is 17.6 Å². The van der Waals surface area contributed by atoms with Gasteiger partial charge >= 0.3 is 0 Å². The van der Waals surface area contributed by atoms with Crippen LogP contribution in [0.2, 0.25) is 0 Å². The van der Waals surface area contributed by atoms with Crippen LogP contribution < -0.4 is 10.6 Å². The largest absolute Gasteiger partial charge is 0.468 e. The normalized spacial score (nSPS) is 15.3. The molecular formula is C21H20N4O3. The molecule has 3 heterocycles. The van der Waals surface area contributed by atoms with Crippen LogP contribution in [0.1, 0.15) is 40.3 Å². The van der Waals surface area contributed by atoms with Crippen LogP contribution >= 0.6 is 0 Å². The van der Waals surface area contributed by atoms with Gasteiger partial charge in [0.25, 0.3) is 11.8 Å². The summed E-state index contributed by atoms with van der Waals surface area (Å²) in [5.41, 5.74) is 1.98. The van der Waals surface area contributed by atoms with Gasteiger partial charge < -0.3 is 15.1 Å². The van der Waals surface area contributed by atoms with Crippen LogP contribution in [-0.2, 0) is 6.42 Å². The van der Waals surface area contributed by atoms with E-state index in [1.165, 1.54) is 6.26 Å². The lowest BCUT2D eigenvalue weighted by atomic mass is 9.88. The van der Waals surface area contributed by atoms with E-state index in [0.717, 1.165) is 5.56 Å². The van der Waals surface area contributed by atoms with Crippen LogP contribution in [0.15, 0.2) is 53.1 Å². The molecular weight excluding hydrogens is 356 g/mol. The van der Waals surface area contributed by atoms with Gasteiger partial charge in [-0.3, -0.25) is 9.59 Å². The molecule has 0 saturated heterocycles. The minimum absolute atomic E-state index is 0.148. The molecule has 2 N–H and O–H groups in total. The van der Waals surface area contributed by atoms with Gasteiger partial charge in [0.2, 0.25) is 0 Å². The quantitative estimate of drug-likeness (QED) is 0.731. The first kappa shape index (κ1) is 17.9. The van der Waals surface area contributed by atoms with Crippen molar-refractivity contribution in [3.8, 4) is 11.3 Å². The van der Waals surface area contributed by atoms with Crippen LogP contribution in [0.4, 0.5) is 5.82 Å². The first-order chi connectivity index (χ1) is 13.4. The van der Waals surface area contributed by atoms with Crippen molar-refractivity contribution < 1.29 is 14.0 Å². The number of nitrogens with one attached hydrogen (secondary N) is 2. The van der Waals surface area contributed by atoms with Gasteiger partial charge in [-0.2, -0.15) is 0 Å². The zero-order chi connectivity index (χ0) is 19.7. The monoisotopic (exact) mass is 376 g/mol. The highest BCUT2D eigenvalue weighted by atomic mass is 16.3. The molecule has 0 bridgehead atoms. The third-order valence-corrected chi connectivity index (χ3v) is 4.68. The summed E-state index contributed by atoms with van der Waals surface area (Å²) in [5, 5.41) is 13.8. The average molecular weight is 376 g/mol. The van der Waals surface area contributed by atoms with E-state index in [4.69, 9.17) is 4.42 Å². The second-order valence-electron chi connectivity index (χ2n) is 7.60. The first-order valence-electron chi connectivity index (χ1n) is 9.02. The summed E-state index contributed by atoms with van der Waals surface area (Å²) in [5.74, 6) is 0.0660. The van der Waals surface area contributed by atoms with Crippen molar-refractivity contribution in [2.24, 2.45) is 5.41 Å². The van der Waals surface area contributed by atoms with E-state index < -0.39 is 5.91 Å². The molecule has 142 valence electrons. The Labute approximate surface area is 162 Å². The number of amides is 2. The Hall–Kier alpha value is -3.48. The van der Waals surface area contributed by atoms with Crippen LogP contribution in [0.25, 0.3) is 11.3 Å². The predicted molar refractivity (Wildman–Crippen MR) is 104 cm³/mol. The number of furan rings is 1. The van der Waals surface area contributed by atoms with Crippen LogP contribution in [-0.4, -0.2) is 28.6 Å². The summed E-state index contributed by atoms with van der Waals surface area (Å²) < 4.78 is 5.55. The number of nitrogens with zero attached hydrogens (tertiary/aromatic N) is 2. The maximum absolute atomic E-state index is 12.7. The van der Waals surface area contributed by atoms with E-state index in [1.54, 1.807) is 12.1 Å². The predicted octanol–water partition coefficient (Wildman–Crippen LogP) is 3.30. The summed E-state index contributed by atoms with van der Waals surface area (Å²) in [6, 6.07) is 13.1. The third kappa shape index (κ3) is 3.51. The smallest absolute Gasteiger partial charge is 0.260 e. The lowest BCUT2D eigenvalue weighted by Crippen LogP contribution is -2.32. The van der Waals surface area contributed by atoms with Crippen LogP contribution in [0.3, 0.4) is 0 Å². The highest BCUT2D eigenvalue weighted by Crippen LogP contribution is 2.29. The molecule has 0 saturated carbocycles. The van der Waals surface area contributed by atoms with E-state index in [0.29, 0.717) is 30.2 Å². The van der Waals surface area contributed by atoms with Gasteiger partial charge in [-0.25, -0.2) is 0 Å². The first-order valence-corrected chi connectivity index (χ1v) is 9.02. The molecule has 0 radical (unpaired) electrons. The van der Waals surface area contributed by atoms with Gasteiger partial charge in [0.15, 0.2) is 5.82 Å². The van der Waals surface area contributed by atoms with Crippen molar-refractivity contribution in [2.45, 2.75) is 20.3 Å². The minimum atomic E-state index is -0.457. The third-order valence-electron chi connectivity index (χ3n) is 4.68. The van der Waals surface area contributed by atoms with Crippen molar-refractivity contribution in [3.05, 3.63) is 65.6 Å². The van der Waals surface area contributed by atoms with E-state index in [1.807, 2.05) is 44.2 Å². The van der Waals surface area contributed by atoms with Crippen LogP contribution in [0, 0.1) is 5.41 Å². The average Bonchev–Trinajstić information content (AvgIpc) is 3.06. The second-order valence-corrected chi connectivity index (χ2v) is 7.60. The Bertz CT molecular complexity index is 1020. The van der Waals surface area contributed by atoms with Crippen molar-refractivity contribution in [3.63, 3.8) is 0 Å². The standard InChI is InChI=1S/C21H20N4O3/c1-21(2)10-16-18(20(27)22-12-21)14(11-28-16)19(26)23-17-9-8-15(24-25-17)13-6-4-3-5-7-13/h3-9,11H,10,12H2,1-2H3,(H,22,27)(H,23,25,26). The zero-order valence-corrected chi connectivity index (χ0v) is 15.7. The molecule has 2 amide bonds. The number of carbonyl (C=O) groups excluding carboxylic acids is 2. The zero-order valence-electron chi connectivity index (χ0n) is 15.7. The number of aromatic nitrogens is 2.